The van der Waals surface area contributed by atoms with Crippen LogP contribution >= 0.6 is 0 Å². The summed E-state index contributed by atoms with van der Waals surface area (Å²) in [5.74, 6) is 5.63. The Balaban J connectivity index is 2.79. The van der Waals surface area contributed by atoms with Crippen LogP contribution in [0.25, 0.3) is 0 Å². The molecule has 0 aliphatic carbocycles. The molecular weight excluding hydrogens is 162 g/mol. The van der Waals surface area contributed by atoms with Gasteiger partial charge in [0.25, 0.3) is 0 Å². The maximum absolute atomic E-state index is 5.63. The second-order valence-corrected chi connectivity index (χ2v) is 3.52. The average molecular weight is 179 g/mol. The van der Waals surface area contributed by atoms with E-state index < -0.39 is 0 Å². The molecule has 3 heteroatoms. The predicted octanol–water partition coefficient (Wildman–Crippen LogP) is 1.06. The van der Waals surface area contributed by atoms with Crippen molar-refractivity contribution in [2.45, 2.75) is 6.54 Å². The number of anilines is 1. The van der Waals surface area contributed by atoms with E-state index in [9.17, 15) is 0 Å². The van der Waals surface area contributed by atoms with Crippen LogP contribution in [0.4, 0.5) is 5.69 Å². The zero-order valence-corrected chi connectivity index (χ0v) is 8.49. The number of hydrazine groups is 1. The fourth-order valence-corrected chi connectivity index (χ4v) is 1.24. The van der Waals surface area contributed by atoms with Crippen LogP contribution in [0.15, 0.2) is 24.3 Å². The molecule has 0 aliphatic rings. The molecule has 13 heavy (non-hydrogen) atoms. The Morgan fingerprint density at radius 2 is 1.92 bits per heavy atom. The van der Waals surface area contributed by atoms with E-state index in [-0.39, 0.29) is 0 Å². The van der Waals surface area contributed by atoms with Gasteiger partial charge in [0.2, 0.25) is 0 Å². The Hall–Kier alpha value is -1.06. The number of rotatable bonds is 3. The molecule has 0 fully saturated rings. The van der Waals surface area contributed by atoms with Crippen LogP contribution in [-0.2, 0) is 6.54 Å². The molecule has 1 aromatic rings. The fourth-order valence-electron chi connectivity index (χ4n) is 1.24. The first-order chi connectivity index (χ1) is 6.09. The van der Waals surface area contributed by atoms with Crippen LogP contribution in [0.1, 0.15) is 5.56 Å². The molecule has 0 aromatic heterocycles. The largest absolute Gasteiger partial charge is 0.314 e. The Morgan fingerprint density at radius 3 is 2.46 bits per heavy atom. The van der Waals surface area contributed by atoms with Crippen LogP contribution < -0.4 is 10.9 Å². The van der Waals surface area contributed by atoms with Crippen LogP contribution in [-0.4, -0.2) is 26.0 Å². The molecule has 72 valence electrons. The maximum atomic E-state index is 5.63. The van der Waals surface area contributed by atoms with E-state index in [1.165, 1.54) is 5.56 Å². The van der Waals surface area contributed by atoms with Gasteiger partial charge in [-0.3, -0.25) is 0 Å². The van der Waals surface area contributed by atoms with E-state index in [2.05, 4.69) is 31.1 Å². The van der Waals surface area contributed by atoms with Gasteiger partial charge in [-0.1, -0.05) is 12.1 Å². The monoisotopic (exact) mass is 179 g/mol. The molecular formula is C10H17N3. The number of nitrogens with zero attached hydrogens (tertiary/aromatic N) is 2. The van der Waals surface area contributed by atoms with Gasteiger partial charge in [0.1, 0.15) is 0 Å². The summed E-state index contributed by atoms with van der Waals surface area (Å²) in [5, 5.41) is 1.62. The molecule has 1 aromatic carbocycles. The van der Waals surface area contributed by atoms with Crippen molar-refractivity contribution in [1.29, 1.82) is 0 Å². The minimum atomic E-state index is 0.946. The molecule has 0 saturated carbocycles. The molecule has 1 rings (SSSR count). The molecule has 0 unspecified atom stereocenters. The SMILES string of the molecule is CN(C)Cc1cccc(N(C)N)c1. The van der Waals surface area contributed by atoms with Crippen molar-refractivity contribution in [2.24, 2.45) is 5.84 Å². The van der Waals surface area contributed by atoms with E-state index >= 15 is 0 Å². The van der Waals surface area contributed by atoms with E-state index in [1.807, 2.05) is 19.2 Å². The minimum absolute atomic E-state index is 0.946. The lowest BCUT2D eigenvalue weighted by Crippen LogP contribution is -2.25. The molecule has 0 spiro atoms. The van der Waals surface area contributed by atoms with Gasteiger partial charge in [-0.15, -0.1) is 0 Å². The average Bonchev–Trinajstić information content (AvgIpc) is 2.03. The zero-order chi connectivity index (χ0) is 9.84. The summed E-state index contributed by atoms with van der Waals surface area (Å²) in [4.78, 5) is 2.13. The van der Waals surface area contributed by atoms with Crippen molar-refractivity contribution in [2.75, 3.05) is 26.2 Å². The zero-order valence-electron chi connectivity index (χ0n) is 8.49. The summed E-state index contributed by atoms with van der Waals surface area (Å²) in [6.07, 6.45) is 0. The number of hydrogen-bond acceptors (Lipinski definition) is 3. The topological polar surface area (TPSA) is 32.5 Å². The summed E-state index contributed by atoms with van der Waals surface area (Å²) in [6, 6.07) is 8.23. The van der Waals surface area contributed by atoms with Gasteiger partial charge in [-0.05, 0) is 31.8 Å². The molecule has 0 bridgehead atoms. The lowest BCUT2D eigenvalue weighted by molar-refractivity contribution is 0.402. The highest BCUT2D eigenvalue weighted by molar-refractivity contribution is 5.46. The Bertz CT molecular complexity index is 269. The van der Waals surface area contributed by atoms with Gasteiger partial charge in [0.15, 0.2) is 0 Å². The summed E-state index contributed by atoms with van der Waals surface area (Å²) in [6.45, 7) is 0.946. The summed E-state index contributed by atoms with van der Waals surface area (Å²) < 4.78 is 0. The van der Waals surface area contributed by atoms with Gasteiger partial charge in [-0.25, -0.2) is 5.84 Å². The quantitative estimate of drug-likeness (QED) is 0.556. The standard InChI is InChI=1S/C10H17N3/c1-12(2)8-9-5-4-6-10(7-9)13(3)11/h4-7H,8,11H2,1-3H3. The van der Waals surface area contributed by atoms with Gasteiger partial charge >= 0.3 is 0 Å². The Morgan fingerprint density at radius 1 is 1.23 bits per heavy atom. The molecule has 0 atom stereocenters. The van der Waals surface area contributed by atoms with Crippen molar-refractivity contribution in [1.82, 2.24) is 4.90 Å². The van der Waals surface area contributed by atoms with Crippen LogP contribution in [0.3, 0.4) is 0 Å². The van der Waals surface area contributed by atoms with E-state index in [1.54, 1.807) is 5.01 Å². The molecule has 2 N–H and O–H groups in total. The number of benzene rings is 1. The van der Waals surface area contributed by atoms with Crippen LogP contribution in [0, 0.1) is 0 Å². The summed E-state index contributed by atoms with van der Waals surface area (Å²) in [5.41, 5.74) is 2.32. The third-order valence-electron chi connectivity index (χ3n) is 1.82. The highest BCUT2D eigenvalue weighted by Gasteiger charge is 1.98. The van der Waals surface area contributed by atoms with E-state index in [4.69, 9.17) is 5.84 Å². The van der Waals surface area contributed by atoms with Gasteiger partial charge < -0.3 is 9.91 Å². The lowest BCUT2D eigenvalue weighted by Gasteiger charge is -2.15. The fraction of sp³-hybridized carbons (Fsp3) is 0.400. The van der Waals surface area contributed by atoms with Gasteiger partial charge in [0.05, 0.1) is 5.69 Å². The van der Waals surface area contributed by atoms with Crippen molar-refractivity contribution in [3.63, 3.8) is 0 Å². The lowest BCUT2D eigenvalue weighted by atomic mass is 10.2. The van der Waals surface area contributed by atoms with Crippen molar-refractivity contribution < 1.29 is 0 Å². The first-order valence-corrected chi connectivity index (χ1v) is 4.31. The van der Waals surface area contributed by atoms with Crippen LogP contribution in [0.2, 0.25) is 0 Å². The minimum Gasteiger partial charge on any atom is -0.314 e. The highest BCUT2D eigenvalue weighted by Crippen LogP contribution is 2.12. The Labute approximate surface area is 79.7 Å². The van der Waals surface area contributed by atoms with Crippen molar-refractivity contribution in [3.05, 3.63) is 29.8 Å². The molecule has 0 heterocycles. The number of nitrogens with two attached hydrogens (primary N) is 1. The van der Waals surface area contributed by atoms with Gasteiger partial charge in [-0.2, -0.15) is 0 Å². The van der Waals surface area contributed by atoms with Crippen LogP contribution in [0.5, 0.6) is 0 Å². The third kappa shape index (κ3) is 3.05. The van der Waals surface area contributed by atoms with Crippen molar-refractivity contribution in [3.8, 4) is 0 Å². The molecule has 0 radical (unpaired) electrons. The summed E-state index contributed by atoms with van der Waals surface area (Å²) in [7, 11) is 5.95. The van der Waals surface area contributed by atoms with Gasteiger partial charge in [0, 0.05) is 13.6 Å². The smallest absolute Gasteiger partial charge is 0.0517 e. The third-order valence-corrected chi connectivity index (χ3v) is 1.82. The van der Waals surface area contributed by atoms with E-state index in [0.717, 1.165) is 12.2 Å². The van der Waals surface area contributed by atoms with Crippen molar-refractivity contribution >= 4 is 5.69 Å². The normalized spacial score (nSPS) is 10.5. The molecule has 0 amide bonds. The second-order valence-electron chi connectivity index (χ2n) is 3.52. The molecule has 3 nitrogen and oxygen atoms in total. The number of hydrogen-bond donors (Lipinski definition) is 1. The first kappa shape index (κ1) is 10.0. The first-order valence-electron chi connectivity index (χ1n) is 4.31. The second kappa shape index (κ2) is 4.25. The highest BCUT2D eigenvalue weighted by atomic mass is 15.4. The molecule has 0 saturated heterocycles. The molecule has 0 aliphatic heterocycles. The summed E-state index contributed by atoms with van der Waals surface area (Å²) >= 11 is 0. The van der Waals surface area contributed by atoms with E-state index in [0.29, 0.717) is 0 Å². The Kier molecular flexibility index (Phi) is 3.28. The maximum Gasteiger partial charge on any atom is 0.0517 e. The predicted molar refractivity (Wildman–Crippen MR) is 56.4 cm³/mol.